The molecule has 2 aromatic heterocycles. The zero-order valence-electron chi connectivity index (χ0n) is 35.6. The first-order chi connectivity index (χ1) is 29.4. The Kier molecular flexibility index (Phi) is 12.5. The van der Waals surface area contributed by atoms with Crippen LogP contribution in [0.5, 0.6) is 5.75 Å². The lowest BCUT2D eigenvalue weighted by atomic mass is 9.70. The number of ether oxygens (including phenoxy) is 5. The normalized spacial score (nSPS) is 33.4. The maximum atomic E-state index is 15.0. The van der Waals surface area contributed by atoms with Crippen LogP contribution in [0.1, 0.15) is 71.3 Å². The number of carbonyl (C=O) groups excluding carboxylic acids is 3. The van der Waals surface area contributed by atoms with Crippen molar-refractivity contribution in [2.24, 2.45) is 11.3 Å². The van der Waals surface area contributed by atoms with E-state index < -0.39 is 83.0 Å². The third-order valence-electron chi connectivity index (χ3n) is 12.0. The first kappa shape index (κ1) is 44.6. The van der Waals surface area contributed by atoms with Crippen LogP contribution in [0.3, 0.4) is 0 Å². The summed E-state index contributed by atoms with van der Waals surface area (Å²) in [5, 5.41) is 54.9. The Bertz CT molecular complexity index is 2510. The van der Waals surface area contributed by atoms with Crippen molar-refractivity contribution in [3.05, 3.63) is 71.2 Å². The number of aliphatic hydroxyl groups is 3. The molecule has 0 spiro atoms. The third kappa shape index (κ3) is 8.17. The molecule has 16 nitrogen and oxygen atoms in total. The van der Waals surface area contributed by atoms with Gasteiger partial charge in [0.05, 0.1) is 48.4 Å². The van der Waals surface area contributed by atoms with Crippen LogP contribution >= 0.6 is 0 Å². The zero-order valence-corrected chi connectivity index (χ0v) is 35.6. The second kappa shape index (κ2) is 17.4. The molecule has 1 amide bonds. The van der Waals surface area contributed by atoms with E-state index in [1.807, 2.05) is 20.8 Å². The maximum absolute atomic E-state index is 15.0. The number of alkyl carbamates (subject to hydrolysis) is 1. The molecule has 2 aliphatic carbocycles. The number of rotatable bonds is 10. The Balaban J connectivity index is 1.34. The molecule has 7 rings (SSSR count). The van der Waals surface area contributed by atoms with Crippen LogP contribution in [0, 0.1) is 35.0 Å². The van der Waals surface area contributed by atoms with Gasteiger partial charge in [-0.2, -0.15) is 0 Å². The molecule has 8 unspecified atom stereocenters. The van der Waals surface area contributed by atoms with Gasteiger partial charge in [0.2, 0.25) is 0 Å². The largest absolute Gasteiger partial charge is 0.508 e. The summed E-state index contributed by atoms with van der Waals surface area (Å²) in [5.74, 6) is 6.40. The van der Waals surface area contributed by atoms with Crippen LogP contribution in [0.4, 0.5) is 4.79 Å². The number of nitrogens with one attached hydrogen (secondary N) is 3. The number of pyridine rings is 1. The topological polar surface area (TPSA) is 231 Å². The fraction of sp³-hybridized carbons (Fsp3) is 0.478. The van der Waals surface area contributed by atoms with E-state index in [-0.39, 0.29) is 48.0 Å². The van der Waals surface area contributed by atoms with Crippen molar-refractivity contribution >= 4 is 39.5 Å². The highest BCUT2D eigenvalue weighted by Crippen LogP contribution is 2.47. The Labute approximate surface area is 358 Å². The van der Waals surface area contributed by atoms with E-state index in [4.69, 9.17) is 23.7 Å². The van der Waals surface area contributed by atoms with Crippen LogP contribution in [0.15, 0.2) is 65.5 Å². The minimum atomic E-state index is -2.90. The van der Waals surface area contributed by atoms with Gasteiger partial charge in [0, 0.05) is 46.6 Å². The summed E-state index contributed by atoms with van der Waals surface area (Å²) in [5.41, 5.74) is -3.98. The summed E-state index contributed by atoms with van der Waals surface area (Å²) in [6.45, 7) is 11.2. The predicted octanol–water partition coefficient (Wildman–Crippen LogP) is 3.78. The molecule has 4 aliphatic rings. The van der Waals surface area contributed by atoms with Gasteiger partial charge in [-0.3, -0.25) is 19.9 Å². The van der Waals surface area contributed by atoms with Crippen molar-refractivity contribution in [2.45, 2.75) is 115 Å². The number of aromatic amines is 1. The molecule has 0 saturated carbocycles. The minimum absolute atomic E-state index is 0.0128. The molecule has 2 fully saturated rings. The van der Waals surface area contributed by atoms with Gasteiger partial charge < -0.3 is 54.4 Å². The van der Waals surface area contributed by atoms with Gasteiger partial charge in [0.15, 0.2) is 29.7 Å². The van der Waals surface area contributed by atoms with Crippen LogP contribution < -0.4 is 10.6 Å². The van der Waals surface area contributed by atoms with Crippen molar-refractivity contribution in [3.63, 3.8) is 0 Å². The summed E-state index contributed by atoms with van der Waals surface area (Å²) in [4.78, 5) is 49.3. The van der Waals surface area contributed by atoms with Crippen LogP contribution in [-0.2, 0) is 28.5 Å². The molecule has 2 bridgehead atoms. The summed E-state index contributed by atoms with van der Waals surface area (Å²) >= 11 is 0. The average Bonchev–Trinajstić information content (AvgIpc) is 3.60. The highest BCUT2D eigenvalue weighted by molar-refractivity contribution is 6.16. The summed E-state index contributed by atoms with van der Waals surface area (Å²) < 4.78 is 30.6. The Morgan fingerprint density at radius 2 is 1.87 bits per heavy atom. The number of aromatic nitrogens is 2. The number of aliphatic hydroxyl groups excluding tert-OH is 1. The van der Waals surface area contributed by atoms with E-state index in [0.717, 1.165) is 7.11 Å². The molecular weight excluding hydrogens is 801 g/mol. The van der Waals surface area contributed by atoms with Gasteiger partial charge >= 0.3 is 6.09 Å². The lowest BCUT2D eigenvalue weighted by Gasteiger charge is -2.51. The molecule has 0 radical (unpaired) electrons. The molecular formula is C46H52N4O12. The van der Waals surface area contributed by atoms with E-state index in [2.05, 4.69) is 44.3 Å². The molecule has 16 heteroatoms. The highest BCUT2D eigenvalue weighted by Gasteiger charge is 2.60. The molecule has 10 atom stereocenters. The van der Waals surface area contributed by atoms with Crippen LogP contribution in [0.2, 0.25) is 0 Å². The summed E-state index contributed by atoms with van der Waals surface area (Å²) in [6, 6.07) is 6.64. The molecule has 2 saturated heterocycles. The number of Topliss-reactive ketones (excluding diaryl/α,β-unsaturated/α-hetero) is 2. The fourth-order valence-electron chi connectivity index (χ4n) is 8.59. The number of H-pyrrole nitrogens is 1. The highest BCUT2D eigenvalue weighted by atomic mass is 16.8. The van der Waals surface area contributed by atoms with Gasteiger partial charge in [-0.15, -0.1) is 0 Å². The van der Waals surface area contributed by atoms with E-state index in [9.17, 15) is 30.0 Å². The maximum Gasteiger partial charge on any atom is 0.411 e. The Morgan fingerprint density at radius 3 is 2.56 bits per heavy atom. The standard InChI is InChI=1S/C46H52N4O12/c1-8-13-30-35-37(50-43(55)58-7)33(52)22-45(30,56)17-11-9-10-12-18-46(35,57)62-42-39(61-34-20-25(4)32(23-59-34)48-24(2)3)41(54)44(6,26(5)60-42)40(53)38-36-28(16-19-47-38)29-21-27(51)14-15-31(29)49-36/h9-10,13-16,19,21,24-26,32,34,39,41-42,48-49,51,54,56-57H,8,20,22-23H2,1-7H3,(H,50,55)/b10-9-,30-13+/t25?,26?,32?,34?,39?,41?,42?,44?,45-,46-/m0/s1. The van der Waals surface area contributed by atoms with Crippen molar-refractivity contribution in [2.75, 3.05) is 13.7 Å². The lowest BCUT2D eigenvalue weighted by molar-refractivity contribution is -0.363. The number of hydrogen-bond donors (Lipinski definition) is 7. The van der Waals surface area contributed by atoms with Crippen molar-refractivity contribution < 1.29 is 58.5 Å². The molecule has 62 heavy (non-hydrogen) atoms. The molecule has 3 aromatic rings. The molecule has 7 N–H and O–H groups in total. The van der Waals surface area contributed by atoms with Crippen LogP contribution in [0.25, 0.3) is 21.8 Å². The molecule has 4 heterocycles. The van der Waals surface area contributed by atoms with Gasteiger partial charge in [-0.25, -0.2) is 4.79 Å². The molecule has 328 valence electrons. The second-order valence-electron chi connectivity index (χ2n) is 16.6. The first-order valence-electron chi connectivity index (χ1n) is 20.6. The number of phenols is 1. The number of ketones is 2. The van der Waals surface area contributed by atoms with Crippen molar-refractivity contribution in [1.29, 1.82) is 0 Å². The lowest BCUT2D eigenvalue weighted by Crippen LogP contribution is -2.66. The third-order valence-corrected chi connectivity index (χ3v) is 12.0. The quantitative estimate of drug-likeness (QED) is 0.0875. The van der Waals surface area contributed by atoms with Gasteiger partial charge in [0.1, 0.15) is 23.7 Å². The first-order valence-corrected chi connectivity index (χ1v) is 20.6. The molecule has 1 aromatic carbocycles. The number of phenolic OH excluding ortho intramolecular Hbond substituents is 1. The van der Waals surface area contributed by atoms with Gasteiger partial charge in [0.25, 0.3) is 5.79 Å². The average molecular weight is 853 g/mol. The number of benzene rings is 1. The van der Waals surface area contributed by atoms with Gasteiger partial charge in [-0.05, 0) is 68.5 Å². The monoisotopic (exact) mass is 852 g/mol. The van der Waals surface area contributed by atoms with E-state index in [0.29, 0.717) is 28.2 Å². The minimum Gasteiger partial charge on any atom is -0.508 e. The number of nitrogens with zero attached hydrogens (tertiary/aromatic N) is 1. The number of allylic oxidation sites excluding steroid dienone is 4. The van der Waals surface area contributed by atoms with E-state index in [1.54, 1.807) is 32.0 Å². The molecule has 2 aliphatic heterocycles. The summed E-state index contributed by atoms with van der Waals surface area (Å²) in [6.07, 6.45) is -2.69. The number of carbonyl (C=O) groups is 3. The second-order valence-corrected chi connectivity index (χ2v) is 16.6. The van der Waals surface area contributed by atoms with Crippen LogP contribution in [-0.4, -0.2) is 116 Å². The number of methoxy groups -OCH3 is 1. The SMILES string of the molecule is CC/C=C1\C2=C(NC(=O)OC)C(=O)C[C@@]1(O)C#C/C=C\C#C[C@]2(O)OC1OC(C)C(C)(C(=O)c2nccc3c2[nH]c2ccc(O)cc23)C(O)C1OC1CC(C)C(NC(C)C)CO1. The summed E-state index contributed by atoms with van der Waals surface area (Å²) in [7, 11) is 1.09. The Morgan fingerprint density at radius 1 is 1.13 bits per heavy atom. The van der Waals surface area contributed by atoms with Crippen molar-refractivity contribution in [1.82, 2.24) is 20.6 Å². The Hall–Kier alpha value is -5.40. The van der Waals surface area contributed by atoms with Crippen molar-refractivity contribution in [3.8, 4) is 29.4 Å². The predicted molar refractivity (Wildman–Crippen MR) is 225 cm³/mol. The number of fused-ring (bicyclic) bond motifs is 5. The number of amides is 1. The van der Waals surface area contributed by atoms with E-state index >= 15 is 4.79 Å². The fourth-order valence-corrected chi connectivity index (χ4v) is 8.59. The zero-order chi connectivity index (χ0) is 44.7. The number of hydrogen-bond acceptors (Lipinski definition) is 14. The van der Waals surface area contributed by atoms with E-state index in [1.165, 1.54) is 37.4 Å². The number of aromatic hydroxyl groups is 1. The smallest absolute Gasteiger partial charge is 0.411 e. The van der Waals surface area contributed by atoms with Gasteiger partial charge in [-0.1, -0.05) is 51.5 Å².